The van der Waals surface area contributed by atoms with E-state index in [1.54, 1.807) is 24.3 Å². The van der Waals surface area contributed by atoms with Gasteiger partial charge in [0.1, 0.15) is 0 Å². The van der Waals surface area contributed by atoms with Crippen LogP contribution in [0.3, 0.4) is 0 Å². The summed E-state index contributed by atoms with van der Waals surface area (Å²) in [5.74, 6) is -0.0647. The number of amides is 1. The van der Waals surface area contributed by atoms with Crippen LogP contribution in [0.15, 0.2) is 59.5 Å². The Hall–Kier alpha value is -2.18. The predicted molar refractivity (Wildman–Crippen MR) is 114 cm³/mol. The fourth-order valence-corrected chi connectivity index (χ4v) is 4.66. The quantitative estimate of drug-likeness (QED) is 0.603. The number of anilines is 1. The van der Waals surface area contributed by atoms with Crippen molar-refractivity contribution in [2.45, 2.75) is 50.8 Å². The highest BCUT2D eigenvalue weighted by molar-refractivity contribution is 7.89. The number of hydrogen-bond donors (Lipinski definition) is 1. The Balaban J connectivity index is 1.91. The standard InChI is InChI=1S/C22H30N2O3S/c1-3-17-24(18-4-2)28(26,27)21-15-13-20(14-16-21)23-22(25)12-8-11-19-9-6-5-7-10-19/h5-7,9-10,13-16H,3-4,8,11-12,17-18H2,1-2H3,(H,23,25). The Morgan fingerprint density at radius 3 is 2.11 bits per heavy atom. The lowest BCUT2D eigenvalue weighted by Crippen LogP contribution is -2.32. The molecule has 0 saturated heterocycles. The summed E-state index contributed by atoms with van der Waals surface area (Å²) >= 11 is 0. The van der Waals surface area contributed by atoms with Crippen molar-refractivity contribution >= 4 is 21.6 Å². The van der Waals surface area contributed by atoms with Gasteiger partial charge in [-0.3, -0.25) is 4.79 Å². The van der Waals surface area contributed by atoms with Crippen LogP contribution < -0.4 is 5.32 Å². The molecule has 1 N–H and O–H groups in total. The molecule has 0 fully saturated rings. The van der Waals surface area contributed by atoms with Crippen LogP contribution in [0.2, 0.25) is 0 Å². The van der Waals surface area contributed by atoms with Gasteiger partial charge >= 0.3 is 0 Å². The van der Waals surface area contributed by atoms with E-state index < -0.39 is 10.0 Å². The van der Waals surface area contributed by atoms with Crippen molar-refractivity contribution in [3.8, 4) is 0 Å². The number of carbonyl (C=O) groups is 1. The van der Waals surface area contributed by atoms with E-state index in [9.17, 15) is 13.2 Å². The van der Waals surface area contributed by atoms with Gasteiger partial charge in [-0.25, -0.2) is 8.42 Å². The molecule has 0 spiro atoms. The van der Waals surface area contributed by atoms with Gasteiger partial charge in [0.15, 0.2) is 0 Å². The molecule has 2 aromatic carbocycles. The largest absolute Gasteiger partial charge is 0.326 e. The maximum Gasteiger partial charge on any atom is 0.243 e. The van der Waals surface area contributed by atoms with E-state index in [1.807, 2.05) is 32.0 Å². The van der Waals surface area contributed by atoms with Crippen molar-refractivity contribution in [2.75, 3.05) is 18.4 Å². The van der Waals surface area contributed by atoms with Gasteiger partial charge in [-0.1, -0.05) is 44.2 Å². The van der Waals surface area contributed by atoms with Gasteiger partial charge in [0.2, 0.25) is 15.9 Å². The first-order valence-corrected chi connectivity index (χ1v) is 11.4. The Morgan fingerprint density at radius 1 is 0.929 bits per heavy atom. The topological polar surface area (TPSA) is 66.5 Å². The summed E-state index contributed by atoms with van der Waals surface area (Å²) in [7, 11) is -3.49. The Kier molecular flexibility index (Phi) is 8.67. The number of nitrogens with one attached hydrogen (secondary N) is 1. The molecule has 28 heavy (non-hydrogen) atoms. The molecule has 0 aliphatic heterocycles. The SMILES string of the molecule is CCCN(CCC)S(=O)(=O)c1ccc(NC(=O)CCCc2ccccc2)cc1. The van der Waals surface area contributed by atoms with Crippen molar-refractivity contribution in [3.05, 3.63) is 60.2 Å². The predicted octanol–water partition coefficient (Wildman–Crippen LogP) is 4.46. The van der Waals surface area contributed by atoms with Gasteiger partial charge < -0.3 is 5.32 Å². The third-order valence-electron chi connectivity index (χ3n) is 4.43. The first kappa shape index (κ1) is 22.1. The van der Waals surface area contributed by atoms with Crippen LogP contribution >= 0.6 is 0 Å². The van der Waals surface area contributed by atoms with Crippen LogP contribution in [0.5, 0.6) is 0 Å². The van der Waals surface area contributed by atoms with Crippen molar-refractivity contribution < 1.29 is 13.2 Å². The molecule has 0 atom stereocenters. The van der Waals surface area contributed by atoms with E-state index in [2.05, 4.69) is 17.4 Å². The van der Waals surface area contributed by atoms with Crippen LogP contribution in [0.4, 0.5) is 5.69 Å². The van der Waals surface area contributed by atoms with E-state index in [0.29, 0.717) is 25.2 Å². The van der Waals surface area contributed by atoms with Crippen molar-refractivity contribution in [3.63, 3.8) is 0 Å². The average Bonchev–Trinajstić information content (AvgIpc) is 2.69. The third-order valence-corrected chi connectivity index (χ3v) is 6.35. The van der Waals surface area contributed by atoms with Gasteiger partial charge in [0.05, 0.1) is 4.90 Å². The monoisotopic (exact) mass is 402 g/mol. The fraction of sp³-hybridized carbons (Fsp3) is 0.409. The molecule has 0 bridgehead atoms. The van der Waals surface area contributed by atoms with Crippen LogP contribution in [-0.2, 0) is 21.2 Å². The lowest BCUT2D eigenvalue weighted by atomic mass is 10.1. The molecule has 0 radical (unpaired) electrons. The molecule has 2 aromatic rings. The number of sulfonamides is 1. The summed E-state index contributed by atoms with van der Waals surface area (Å²) in [6.45, 7) is 4.95. The highest BCUT2D eigenvalue weighted by Gasteiger charge is 2.22. The molecule has 0 unspecified atom stereocenters. The summed E-state index contributed by atoms with van der Waals surface area (Å²) in [5, 5.41) is 2.84. The minimum absolute atomic E-state index is 0.0647. The summed E-state index contributed by atoms with van der Waals surface area (Å²) < 4.78 is 27.0. The minimum Gasteiger partial charge on any atom is -0.326 e. The highest BCUT2D eigenvalue weighted by atomic mass is 32.2. The number of hydrogen-bond acceptors (Lipinski definition) is 3. The number of nitrogens with zero attached hydrogens (tertiary/aromatic N) is 1. The van der Waals surface area contributed by atoms with Crippen molar-refractivity contribution in [1.82, 2.24) is 4.31 Å². The van der Waals surface area contributed by atoms with Crippen molar-refractivity contribution in [1.29, 1.82) is 0 Å². The highest BCUT2D eigenvalue weighted by Crippen LogP contribution is 2.19. The summed E-state index contributed by atoms with van der Waals surface area (Å²) in [4.78, 5) is 12.4. The normalized spacial score (nSPS) is 11.5. The number of carbonyl (C=O) groups excluding carboxylic acids is 1. The van der Waals surface area contributed by atoms with Gasteiger partial charge in [0.25, 0.3) is 0 Å². The van der Waals surface area contributed by atoms with Gasteiger partial charge in [-0.05, 0) is 55.5 Å². The maximum atomic E-state index is 12.8. The summed E-state index contributed by atoms with van der Waals surface area (Å²) in [6.07, 6.45) is 3.60. The lowest BCUT2D eigenvalue weighted by molar-refractivity contribution is -0.116. The molecule has 6 heteroatoms. The minimum atomic E-state index is -3.49. The first-order valence-electron chi connectivity index (χ1n) is 9.91. The van der Waals surface area contributed by atoms with E-state index in [-0.39, 0.29) is 10.8 Å². The second kappa shape index (κ2) is 11.0. The Morgan fingerprint density at radius 2 is 1.54 bits per heavy atom. The molecule has 5 nitrogen and oxygen atoms in total. The van der Waals surface area contributed by atoms with Crippen LogP contribution in [-0.4, -0.2) is 31.7 Å². The lowest BCUT2D eigenvalue weighted by Gasteiger charge is -2.21. The molecule has 0 aliphatic rings. The Bertz CT molecular complexity index is 828. The van der Waals surface area contributed by atoms with Crippen LogP contribution in [0.25, 0.3) is 0 Å². The smallest absolute Gasteiger partial charge is 0.243 e. The Labute approximate surface area is 168 Å². The number of benzene rings is 2. The van der Waals surface area contributed by atoms with Gasteiger partial charge in [0, 0.05) is 25.2 Å². The molecule has 0 saturated carbocycles. The third kappa shape index (κ3) is 6.46. The first-order chi connectivity index (χ1) is 13.5. The van der Waals surface area contributed by atoms with Crippen LogP contribution in [0, 0.1) is 0 Å². The molecule has 1 amide bonds. The zero-order valence-electron chi connectivity index (χ0n) is 16.7. The summed E-state index contributed by atoms with van der Waals surface area (Å²) in [5.41, 5.74) is 1.83. The molecular formula is C22H30N2O3S. The maximum absolute atomic E-state index is 12.8. The summed E-state index contributed by atoms with van der Waals surface area (Å²) in [6, 6.07) is 16.5. The van der Waals surface area contributed by atoms with E-state index >= 15 is 0 Å². The van der Waals surface area contributed by atoms with E-state index in [0.717, 1.165) is 25.7 Å². The van der Waals surface area contributed by atoms with Gasteiger partial charge in [-0.2, -0.15) is 4.31 Å². The van der Waals surface area contributed by atoms with Crippen LogP contribution in [0.1, 0.15) is 45.1 Å². The van der Waals surface area contributed by atoms with E-state index in [1.165, 1.54) is 9.87 Å². The number of aryl methyl sites for hydroxylation is 1. The van der Waals surface area contributed by atoms with Crippen molar-refractivity contribution in [2.24, 2.45) is 0 Å². The molecule has 0 aliphatic carbocycles. The number of rotatable bonds is 11. The zero-order valence-corrected chi connectivity index (χ0v) is 17.5. The zero-order chi connectivity index (χ0) is 20.4. The second-order valence-corrected chi connectivity index (χ2v) is 8.75. The second-order valence-electron chi connectivity index (χ2n) is 6.82. The van der Waals surface area contributed by atoms with E-state index in [4.69, 9.17) is 0 Å². The molecule has 152 valence electrons. The fourth-order valence-electron chi connectivity index (χ4n) is 3.03. The molecule has 2 rings (SSSR count). The average molecular weight is 403 g/mol. The molecular weight excluding hydrogens is 372 g/mol. The van der Waals surface area contributed by atoms with Gasteiger partial charge in [-0.15, -0.1) is 0 Å². The molecule has 0 heterocycles. The molecule has 0 aromatic heterocycles.